The second-order valence-electron chi connectivity index (χ2n) is 6.68. The summed E-state index contributed by atoms with van der Waals surface area (Å²) in [4.78, 5) is 37.8. The van der Waals surface area contributed by atoms with Gasteiger partial charge in [0.05, 0.1) is 16.6 Å². The summed E-state index contributed by atoms with van der Waals surface area (Å²) in [5, 5.41) is -0.284. The number of thioether (sulfide) groups is 1. The minimum Gasteiger partial charge on any atom is -0.311 e. The number of rotatable bonds is 6. The fourth-order valence-corrected chi connectivity index (χ4v) is 3.59. The third-order valence-electron chi connectivity index (χ3n) is 5.02. The van der Waals surface area contributed by atoms with Crippen LogP contribution in [0.4, 0.5) is 5.69 Å². The van der Waals surface area contributed by atoms with Gasteiger partial charge in [-0.1, -0.05) is 39.7 Å². The molecule has 1 radical (unpaired) electrons. The number of imide groups is 1. The van der Waals surface area contributed by atoms with Gasteiger partial charge in [0.15, 0.2) is 7.28 Å². The molecule has 1 aliphatic rings. The highest BCUT2D eigenvalue weighted by Gasteiger charge is 2.39. The van der Waals surface area contributed by atoms with E-state index in [4.69, 9.17) is 0 Å². The van der Waals surface area contributed by atoms with Gasteiger partial charge in [0.2, 0.25) is 11.8 Å². The fraction of sp³-hybridized carbons (Fsp3) is 0.500. The highest BCUT2D eigenvalue weighted by Crippen LogP contribution is 2.37. The lowest BCUT2D eigenvalue weighted by Crippen LogP contribution is -2.33. The molecule has 127 valence electrons. The Labute approximate surface area is 148 Å². The molecular formula is C18H23BNO3S. The Bertz CT molecular complexity index is 657. The van der Waals surface area contributed by atoms with E-state index in [-0.39, 0.29) is 35.1 Å². The van der Waals surface area contributed by atoms with E-state index in [9.17, 15) is 14.4 Å². The number of amides is 2. The van der Waals surface area contributed by atoms with Crippen LogP contribution in [0.3, 0.4) is 0 Å². The van der Waals surface area contributed by atoms with Crippen LogP contribution in [0.5, 0.6) is 0 Å². The molecule has 1 heterocycles. The lowest BCUT2D eigenvalue weighted by atomic mass is 9.59. The molecule has 1 aromatic carbocycles. The van der Waals surface area contributed by atoms with Gasteiger partial charge in [-0.3, -0.25) is 9.59 Å². The summed E-state index contributed by atoms with van der Waals surface area (Å²) in [6, 6.07) is 7.39. The molecule has 0 N–H and O–H groups in total. The van der Waals surface area contributed by atoms with Crippen LogP contribution in [0.2, 0.25) is 6.82 Å². The minimum atomic E-state index is -0.501. The molecule has 2 rings (SSSR count). The van der Waals surface area contributed by atoms with Crippen LogP contribution in [-0.4, -0.2) is 36.3 Å². The van der Waals surface area contributed by atoms with Crippen molar-refractivity contribution in [2.75, 3.05) is 11.2 Å². The summed E-state index contributed by atoms with van der Waals surface area (Å²) >= 11 is 1.41. The van der Waals surface area contributed by atoms with E-state index in [0.717, 1.165) is 5.56 Å². The van der Waals surface area contributed by atoms with Crippen molar-refractivity contribution in [2.45, 2.75) is 45.2 Å². The molecule has 2 amide bonds. The van der Waals surface area contributed by atoms with Crippen LogP contribution >= 0.6 is 11.8 Å². The second kappa shape index (κ2) is 7.13. The van der Waals surface area contributed by atoms with E-state index in [1.807, 2.05) is 39.2 Å². The average Bonchev–Trinajstić information content (AvgIpc) is 2.87. The predicted octanol–water partition coefficient (Wildman–Crippen LogP) is 3.09. The number of nitrogens with zero attached hydrogens (tertiary/aromatic N) is 1. The van der Waals surface area contributed by atoms with Gasteiger partial charge in [-0.25, -0.2) is 4.90 Å². The van der Waals surface area contributed by atoms with E-state index in [0.29, 0.717) is 5.69 Å². The highest BCUT2D eigenvalue weighted by molar-refractivity contribution is 8.00. The van der Waals surface area contributed by atoms with Gasteiger partial charge in [0.1, 0.15) is 0 Å². The number of anilines is 1. The van der Waals surface area contributed by atoms with Gasteiger partial charge in [-0.15, -0.1) is 0 Å². The Balaban J connectivity index is 2.24. The molecule has 1 aromatic rings. The van der Waals surface area contributed by atoms with Crippen LogP contribution in [-0.2, 0) is 14.4 Å². The SMILES string of the molecule is C[B]C(=O)C(C)(C)C(C)c1ccc(N2C(=O)CC(SC)C2=O)cc1. The van der Waals surface area contributed by atoms with Gasteiger partial charge >= 0.3 is 0 Å². The summed E-state index contributed by atoms with van der Waals surface area (Å²) in [5.41, 5.74) is 1.22. The summed E-state index contributed by atoms with van der Waals surface area (Å²) in [6.45, 7) is 7.65. The number of carbonyl (C=O) groups excluding carboxylic acids is 3. The van der Waals surface area contributed by atoms with Gasteiger partial charge in [-0.05, 0) is 29.9 Å². The molecule has 6 heteroatoms. The smallest absolute Gasteiger partial charge is 0.247 e. The predicted molar refractivity (Wildman–Crippen MR) is 99.7 cm³/mol. The maximum absolute atomic E-state index is 12.3. The Hall–Kier alpha value is -1.56. The second-order valence-corrected chi connectivity index (χ2v) is 7.72. The van der Waals surface area contributed by atoms with Crippen molar-refractivity contribution in [3.8, 4) is 0 Å². The lowest BCUT2D eigenvalue weighted by Gasteiger charge is -2.31. The normalized spacial score (nSPS) is 19.5. The molecule has 4 nitrogen and oxygen atoms in total. The Morgan fingerprint density at radius 1 is 1.29 bits per heavy atom. The molecule has 1 aliphatic heterocycles. The molecular weight excluding hydrogens is 321 g/mol. The van der Waals surface area contributed by atoms with E-state index in [1.54, 1.807) is 26.2 Å². The first kappa shape index (κ1) is 18.8. The minimum absolute atomic E-state index is 0.0270. The molecule has 0 aromatic heterocycles. The zero-order valence-corrected chi connectivity index (χ0v) is 15.6. The Morgan fingerprint density at radius 2 is 1.88 bits per heavy atom. The molecule has 0 bridgehead atoms. The Morgan fingerprint density at radius 3 is 2.33 bits per heavy atom. The maximum Gasteiger partial charge on any atom is 0.247 e. The summed E-state index contributed by atoms with van der Waals surface area (Å²) in [6.07, 6.45) is 2.10. The molecule has 0 aliphatic carbocycles. The maximum atomic E-state index is 12.3. The molecule has 2 atom stereocenters. The molecule has 2 unspecified atom stereocenters. The summed E-state index contributed by atoms with van der Waals surface area (Å²) < 4.78 is 0. The summed E-state index contributed by atoms with van der Waals surface area (Å²) in [5.74, 6) is -0.278. The zero-order valence-electron chi connectivity index (χ0n) is 14.8. The van der Waals surface area contributed by atoms with Gasteiger partial charge in [-0.2, -0.15) is 11.8 Å². The fourth-order valence-electron chi connectivity index (χ4n) is 2.97. The van der Waals surface area contributed by atoms with E-state index in [2.05, 4.69) is 0 Å². The molecule has 0 saturated carbocycles. The number of hydrogen-bond donors (Lipinski definition) is 0. The van der Waals surface area contributed by atoms with Crippen LogP contribution in [0.1, 0.15) is 38.7 Å². The van der Waals surface area contributed by atoms with Crippen molar-refractivity contribution in [1.82, 2.24) is 0 Å². The van der Waals surface area contributed by atoms with Gasteiger partial charge in [0.25, 0.3) is 0 Å². The monoisotopic (exact) mass is 344 g/mol. The molecule has 1 saturated heterocycles. The Kier molecular flexibility index (Phi) is 5.58. The van der Waals surface area contributed by atoms with Crippen molar-refractivity contribution in [1.29, 1.82) is 0 Å². The molecule has 0 spiro atoms. The standard InChI is InChI=1S/C18H23BNO3S/c1-11(18(2,3)17(23)19-4)12-6-8-13(9-7-12)20-15(21)10-14(24-5)16(20)22/h6-9,11,14H,10H2,1-5H3. The van der Waals surface area contributed by atoms with Crippen molar-refractivity contribution in [2.24, 2.45) is 5.41 Å². The van der Waals surface area contributed by atoms with E-state index in [1.165, 1.54) is 16.7 Å². The lowest BCUT2D eigenvalue weighted by molar-refractivity contribution is -0.121. The number of hydrogen-bond acceptors (Lipinski definition) is 4. The molecule has 1 fully saturated rings. The quantitative estimate of drug-likeness (QED) is 0.588. The number of carbonyl (C=O) groups is 3. The van der Waals surface area contributed by atoms with Crippen molar-refractivity contribution in [3.63, 3.8) is 0 Å². The first-order valence-corrected chi connectivity index (χ1v) is 9.36. The van der Waals surface area contributed by atoms with Crippen molar-refractivity contribution >= 4 is 42.2 Å². The third-order valence-corrected chi connectivity index (χ3v) is 5.96. The van der Waals surface area contributed by atoms with Crippen molar-refractivity contribution < 1.29 is 14.4 Å². The van der Waals surface area contributed by atoms with Crippen LogP contribution in [0.25, 0.3) is 0 Å². The molecule has 24 heavy (non-hydrogen) atoms. The van der Waals surface area contributed by atoms with E-state index >= 15 is 0 Å². The number of benzene rings is 1. The topological polar surface area (TPSA) is 54.5 Å². The highest BCUT2D eigenvalue weighted by atomic mass is 32.2. The van der Waals surface area contributed by atoms with Crippen LogP contribution in [0.15, 0.2) is 24.3 Å². The average molecular weight is 344 g/mol. The van der Waals surface area contributed by atoms with Crippen molar-refractivity contribution in [3.05, 3.63) is 29.8 Å². The van der Waals surface area contributed by atoms with Gasteiger partial charge in [0, 0.05) is 11.8 Å². The first-order valence-electron chi connectivity index (χ1n) is 8.07. The van der Waals surface area contributed by atoms with Crippen LogP contribution in [0, 0.1) is 5.41 Å². The van der Waals surface area contributed by atoms with Gasteiger partial charge < -0.3 is 4.79 Å². The zero-order chi connectivity index (χ0) is 18.1. The summed E-state index contributed by atoms with van der Waals surface area (Å²) in [7, 11) is 1.61. The van der Waals surface area contributed by atoms with E-state index < -0.39 is 5.41 Å². The van der Waals surface area contributed by atoms with Crippen LogP contribution < -0.4 is 4.90 Å². The largest absolute Gasteiger partial charge is 0.311 e. The third kappa shape index (κ3) is 3.29. The first-order chi connectivity index (χ1) is 11.2.